The molecule has 6 heteroatoms. The van der Waals surface area contributed by atoms with Gasteiger partial charge in [0, 0.05) is 18.4 Å². The number of hydrogen-bond acceptors (Lipinski definition) is 4. The second kappa shape index (κ2) is 8.29. The number of aryl methyl sites for hydroxylation is 2. The van der Waals surface area contributed by atoms with Gasteiger partial charge in [0.2, 0.25) is 0 Å². The Bertz CT molecular complexity index is 1180. The third kappa shape index (κ3) is 3.85. The summed E-state index contributed by atoms with van der Waals surface area (Å²) in [5.41, 5.74) is 5.26. The molecule has 2 aromatic carbocycles. The molecule has 0 aliphatic carbocycles. The molecule has 0 atom stereocenters. The number of fused-ring (bicyclic) bond motifs is 1. The summed E-state index contributed by atoms with van der Waals surface area (Å²) in [6.45, 7) is 6.44. The number of carbonyl (C=O) groups is 1. The van der Waals surface area contributed by atoms with Crippen molar-refractivity contribution in [3.05, 3.63) is 83.7 Å². The first-order valence-corrected chi connectivity index (χ1v) is 9.92. The minimum Gasteiger partial charge on any atom is -0.457 e. The largest absolute Gasteiger partial charge is 0.457 e. The molecular formula is C24H24N4O2. The highest BCUT2D eigenvalue weighted by molar-refractivity contribution is 5.99. The van der Waals surface area contributed by atoms with Crippen molar-refractivity contribution in [1.29, 1.82) is 0 Å². The maximum Gasteiger partial charge on any atom is 0.253 e. The number of carbonyl (C=O) groups excluding carboxylic acids is 1. The number of benzene rings is 2. The monoisotopic (exact) mass is 400 g/mol. The fourth-order valence-electron chi connectivity index (χ4n) is 3.39. The highest BCUT2D eigenvalue weighted by Gasteiger charge is 2.18. The maximum atomic E-state index is 12.4. The lowest BCUT2D eigenvalue weighted by Crippen LogP contribution is -2.22. The number of rotatable bonds is 6. The molecule has 2 aromatic heterocycles. The van der Waals surface area contributed by atoms with Crippen LogP contribution >= 0.6 is 0 Å². The predicted octanol–water partition coefficient (Wildman–Crippen LogP) is 5.24. The Labute approximate surface area is 175 Å². The summed E-state index contributed by atoms with van der Waals surface area (Å²) in [6.07, 6.45) is 3.57. The van der Waals surface area contributed by atoms with Crippen LogP contribution in [-0.2, 0) is 0 Å². The molecule has 152 valence electrons. The van der Waals surface area contributed by atoms with Gasteiger partial charge in [-0.3, -0.25) is 4.79 Å². The fraction of sp³-hybridized carbons (Fsp3) is 0.167. The fourth-order valence-corrected chi connectivity index (χ4v) is 3.39. The van der Waals surface area contributed by atoms with Crippen molar-refractivity contribution in [2.24, 2.45) is 0 Å². The number of anilines is 2. The SMILES string of the molecule is CCNC(=O)c1cn2ncc(C)c(Nc3ccc(Oc4ccccc4)cc3)c2c1C. The first-order chi connectivity index (χ1) is 14.6. The van der Waals surface area contributed by atoms with Crippen molar-refractivity contribution < 1.29 is 9.53 Å². The molecule has 1 amide bonds. The first kappa shape index (κ1) is 19.5. The zero-order chi connectivity index (χ0) is 21.1. The van der Waals surface area contributed by atoms with Crippen molar-refractivity contribution in [3.8, 4) is 11.5 Å². The van der Waals surface area contributed by atoms with Crippen LogP contribution in [0.2, 0.25) is 0 Å². The van der Waals surface area contributed by atoms with E-state index < -0.39 is 0 Å². The number of nitrogens with zero attached hydrogens (tertiary/aromatic N) is 2. The summed E-state index contributed by atoms with van der Waals surface area (Å²) in [6, 6.07) is 17.5. The van der Waals surface area contributed by atoms with E-state index in [2.05, 4.69) is 15.7 Å². The molecule has 0 unspecified atom stereocenters. The van der Waals surface area contributed by atoms with Gasteiger partial charge in [-0.1, -0.05) is 18.2 Å². The molecule has 0 aliphatic heterocycles. The number of nitrogens with one attached hydrogen (secondary N) is 2. The first-order valence-electron chi connectivity index (χ1n) is 9.92. The number of aromatic nitrogens is 2. The summed E-state index contributed by atoms with van der Waals surface area (Å²) in [5, 5.41) is 10.8. The Morgan fingerprint density at radius 2 is 1.73 bits per heavy atom. The average molecular weight is 400 g/mol. The molecule has 0 saturated carbocycles. The molecule has 30 heavy (non-hydrogen) atoms. The Balaban J connectivity index is 1.63. The van der Waals surface area contributed by atoms with Crippen LogP contribution in [0, 0.1) is 13.8 Å². The molecule has 0 fully saturated rings. The van der Waals surface area contributed by atoms with Crippen LogP contribution in [0.5, 0.6) is 11.5 Å². The lowest BCUT2D eigenvalue weighted by molar-refractivity contribution is 0.0955. The number of ether oxygens (including phenoxy) is 1. The third-order valence-electron chi connectivity index (χ3n) is 4.93. The molecule has 0 radical (unpaired) electrons. The van der Waals surface area contributed by atoms with E-state index in [1.54, 1.807) is 16.9 Å². The van der Waals surface area contributed by atoms with E-state index in [0.717, 1.165) is 39.5 Å². The van der Waals surface area contributed by atoms with Crippen LogP contribution in [0.1, 0.15) is 28.4 Å². The molecule has 6 nitrogen and oxygen atoms in total. The van der Waals surface area contributed by atoms with Crippen LogP contribution < -0.4 is 15.4 Å². The molecule has 0 saturated heterocycles. The van der Waals surface area contributed by atoms with Crippen LogP contribution in [0.3, 0.4) is 0 Å². The highest BCUT2D eigenvalue weighted by atomic mass is 16.5. The molecule has 0 spiro atoms. The molecule has 0 aliphatic rings. The molecule has 4 aromatic rings. The summed E-state index contributed by atoms with van der Waals surface area (Å²) in [4.78, 5) is 12.4. The van der Waals surface area contributed by atoms with Crippen molar-refractivity contribution in [2.45, 2.75) is 20.8 Å². The molecular weight excluding hydrogens is 376 g/mol. The van der Waals surface area contributed by atoms with Crippen LogP contribution in [0.4, 0.5) is 11.4 Å². The van der Waals surface area contributed by atoms with E-state index in [1.807, 2.05) is 75.4 Å². The molecule has 2 heterocycles. The van der Waals surface area contributed by atoms with E-state index in [4.69, 9.17) is 4.74 Å². The summed E-state index contributed by atoms with van der Waals surface area (Å²) >= 11 is 0. The third-order valence-corrected chi connectivity index (χ3v) is 4.93. The van der Waals surface area contributed by atoms with Gasteiger partial charge in [-0.2, -0.15) is 5.10 Å². The van der Waals surface area contributed by atoms with Crippen LogP contribution in [-0.4, -0.2) is 22.1 Å². The minimum absolute atomic E-state index is 0.0912. The normalized spacial score (nSPS) is 10.8. The van der Waals surface area contributed by atoms with Gasteiger partial charge in [0.1, 0.15) is 11.5 Å². The highest BCUT2D eigenvalue weighted by Crippen LogP contribution is 2.31. The lowest BCUT2D eigenvalue weighted by atomic mass is 10.1. The summed E-state index contributed by atoms with van der Waals surface area (Å²) in [5.74, 6) is 1.47. The number of amides is 1. The predicted molar refractivity (Wildman–Crippen MR) is 119 cm³/mol. The molecule has 2 N–H and O–H groups in total. The van der Waals surface area contributed by atoms with Gasteiger partial charge >= 0.3 is 0 Å². The zero-order valence-corrected chi connectivity index (χ0v) is 17.3. The van der Waals surface area contributed by atoms with Crippen molar-refractivity contribution >= 4 is 22.8 Å². The standard InChI is InChI=1S/C24H24N4O2/c1-4-25-24(29)21-15-28-23(17(21)3)22(16(2)14-26-28)27-18-10-12-20(13-11-18)30-19-8-6-5-7-9-19/h5-15,27H,4H2,1-3H3,(H,25,29). The van der Waals surface area contributed by atoms with Gasteiger partial charge in [0.05, 0.1) is 23.0 Å². The zero-order valence-electron chi connectivity index (χ0n) is 17.3. The van der Waals surface area contributed by atoms with E-state index in [1.165, 1.54) is 0 Å². The number of para-hydroxylation sites is 1. The van der Waals surface area contributed by atoms with Crippen LogP contribution in [0.15, 0.2) is 67.0 Å². The van der Waals surface area contributed by atoms with E-state index in [-0.39, 0.29) is 5.91 Å². The molecule has 4 rings (SSSR count). The van der Waals surface area contributed by atoms with Gasteiger partial charge in [-0.15, -0.1) is 0 Å². The second-order valence-corrected chi connectivity index (χ2v) is 7.09. The van der Waals surface area contributed by atoms with Crippen molar-refractivity contribution in [2.75, 3.05) is 11.9 Å². The van der Waals surface area contributed by atoms with Gasteiger partial charge in [-0.05, 0) is 68.3 Å². The van der Waals surface area contributed by atoms with Gasteiger partial charge in [-0.25, -0.2) is 4.52 Å². The number of hydrogen-bond donors (Lipinski definition) is 2. The smallest absolute Gasteiger partial charge is 0.253 e. The lowest BCUT2D eigenvalue weighted by Gasteiger charge is -2.13. The summed E-state index contributed by atoms with van der Waals surface area (Å²) in [7, 11) is 0. The Kier molecular flexibility index (Phi) is 5.39. The van der Waals surface area contributed by atoms with E-state index >= 15 is 0 Å². The van der Waals surface area contributed by atoms with E-state index in [0.29, 0.717) is 12.1 Å². The maximum absolute atomic E-state index is 12.4. The van der Waals surface area contributed by atoms with Gasteiger partial charge in [0.25, 0.3) is 5.91 Å². The average Bonchev–Trinajstić information content (AvgIpc) is 3.09. The molecule has 0 bridgehead atoms. The minimum atomic E-state index is -0.0912. The Morgan fingerprint density at radius 3 is 2.43 bits per heavy atom. The second-order valence-electron chi connectivity index (χ2n) is 7.09. The Hall–Kier alpha value is -3.80. The quantitative estimate of drug-likeness (QED) is 0.465. The van der Waals surface area contributed by atoms with Crippen LogP contribution in [0.25, 0.3) is 5.52 Å². The Morgan fingerprint density at radius 1 is 1.03 bits per heavy atom. The van der Waals surface area contributed by atoms with Crippen molar-refractivity contribution in [1.82, 2.24) is 14.9 Å². The van der Waals surface area contributed by atoms with Crippen molar-refractivity contribution in [3.63, 3.8) is 0 Å². The van der Waals surface area contributed by atoms with E-state index in [9.17, 15) is 4.79 Å². The topological polar surface area (TPSA) is 67.7 Å². The summed E-state index contributed by atoms with van der Waals surface area (Å²) < 4.78 is 7.62. The van der Waals surface area contributed by atoms with Gasteiger partial charge < -0.3 is 15.4 Å². The van der Waals surface area contributed by atoms with Gasteiger partial charge in [0.15, 0.2) is 0 Å².